The highest BCUT2D eigenvalue weighted by Crippen LogP contribution is 2.22. The summed E-state index contributed by atoms with van der Waals surface area (Å²) >= 11 is 0. The van der Waals surface area contributed by atoms with Gasteiger partial charge in [0, 0.05) is 31.2 Å². The lowest BCUT2D eigenvalue weighted by Crippen LogP contribution is -2.39. The lowest BCUT2D eigenvalue weighted by atomic mass is 10.3. The number of ether oxygens (including phenoxy) is 1. The van der Waals surface area contributed by atoms with Gasteiger partial charge in [-0.25, -0.2) is 4.79 Å². The molecule has 8 heteroatoms. The Labute approximate surface area is 154 Å². The van der Waals surface area contributed by atoms with Crippen LogP contribution < -0.4 is 16.0 Å². The molecule has 0 aliphatic carbocycles. The third-order valence-electron chi connectivity index (χ3n) is 4.80. The van der Waals surface area contributed by atoms with Crippen LogP contribution >= 0.6 is 0 Å². The molecule has 8 nitrogen and oxygen atoms in total. The number of benzene rings is 1. The molecular weight excluding hydrogens is 346 g/mol. The zero-order valence-electron chi connectivity index (χ0n) is 15.8. The molecule has 0 aliphatic heterocycles. The van der Waals surface area contributed by atoms with Gasteiger partial charge >= 0.3 is 5.69 Å². The molecule has 3 aromatic heterocycles. The van der Waals surface area contributed by atoms with Gasteiger partial charge in [0.05, 0.1) is 7.11 Å². The second kappa shape index (κ2) is 6.15. The molecule has 0 atom stereocenters. The molecule has 0 radical (unpaired) electrons. The molecule has 0 aliphatic rings. The molecule has 0 unspecified atom stereocenters. The maximum absolute atomic E-state index is 13.0. The van der Waals surface area contributed by atoms with Crippen LogP contribution in [0.25, 0.3) is 22.6 Å². The maximum atomic E-state index is 13.0. The predicted molar refractivity (Wildman–Crippen MR) is 103 cm³/mol. The smallest absolute Gasteiger partial charge is 0.332 e. The number of hydrogen-bond acceptors (Lipinski definition) is 4. The summed E-state index contributed by atoms with van der Waals surface area (Å²) in [6.45, 7) is 4.27. The number of fused-ring (bicyclic) bond motifs is 3. The van der Waals surface area contributed by atoms with Gasteiger partial charge in [0.25, 0.3) is 5.56 Å². The lowest BCUT2D eigenvalue weighted by Gasteiger charge is -2.07. The highest BCUT2D eigenvalue weighted by molar-refractivity contribution is 5.76. The minimum atomic E-state index is -0.345. The minimum absolute atomic E-state index is 0.311. The number of methoxy groups -OCH3 is 1. The zero-order chi connectivity index (χ0) is 19.3. The van der Waals surface area contributed by atoms with Crippen molar-refractivity contribution in [2.24, 2.45) is 7.05 Å². The predicted octanol–water partition coefficient (Wildman–Crippen LogP) is 1.87. The maximum Gasteiger partial charge on any atom is 0.332 e. The number of aryl methyl sites for hydroxylation is 2. The molecule has 3 heterocycles. The number of imidazole rings is 2. The van der Waals surface area contributed by atoms with E-state index in [2.05, 4.69) is 4.98 Å². The monoisotopic (exact) mass is 367 g/mol. The van der Waals surface area contributed by atoms with E-state index in [1.54, 1.807) is 18.6 Å². The Hall–Kier alpha value is -3.29. The molecule has 4 rings (SSSR count). The number of hydrogen-bond donors (Lipinski definition) is 0. The second-order valence-corrected chi connectivity index (χ2v) is 6.56. The lowest BCUT2D eigenvalue weighted by molar-refractivity contribution is 0.415. The van der Waals surface area contributed by atoms with Gasteiger partial charge in [0.2, 0.25) is 5.78 Å². The average Bonchev–Trinajstić information content (AvgIpc) is 3.18. The summed E-state index contributed by atoms with van der Waals surface area (Å²) in [6, 6.07) is 7.61. The van der Waals surface area contributed by atoms with Gasteiger partial charge in [-0.2, -0.15) is 4.98 Å². The van der Waals surface area contributed by atoms with Crippen molar-refractivity contribution in [1.82, 2.24) is 23.1 Å². The van der Waals surface area contributed by atoms with Crippen molar-refractivity contribution in [1.29, 1.82) is 0 Å². The Morgan fingerprint density at radius 1 is 1.15 bits per heavy atom. The Morgan fingerprint density at radius 3 is 2.48 bits per heavy atom. The van der Waals surface area contributed by atoms with Gasteiger partial charge in [0.1, 0.15) is 5.75 Å². The topological polar surface area (TPSA) is 75.5 Å². The Bertz CT molecular complexity index is 1270. The third kappa shape index (κ3) is 2.40. The standard InChI is InChI=1S/C19H21N5O3/c1-5-10-22-17(25)15-16(21(3)19(22)26)20-18-23(15)11-12(2)24(18)13-6-8-14(27-4)9-7-13/h6-9,11H,5,10H2,1-4H3. The highest BCUT2D eigenvalue weighted by atomic mass is 16.5. The molecule has 0 fully saturated rings. The summed E-state index contributed by atoms with van der Waals surface area (Å²) in [5.41, 5.74) is 1.97. The molecule has 0 spiro atoms. The van der Waals surface area contributed by atoms with Crippen LogP contribution in [-0.2, 0) is 13.6 Å². The molecule has 0 bridgehead atoms. The van der Waals surface area contributed by atoms with Gasteiger partial charge in [-0.1, -0.05) is 6.92 Å². The van der Waals surface area contributed by atoms with Crippen molar-refractivity contribution in [2.45, 2.75) is 26.8 Å². The average molecular weight is 367 g/mol. The summed E-state index contributed by atoms with van der Waals surface area (Å²) in [5, 5.41) is 0. The molecule has 1 aromatic carbocycles. The van der Waals surface area contributed by atoms with E-state index in [0.29, 0.717) is 29.9 Å². The van der Waals surface area contributed by atoms with Crippen LogP contribution in [0.1, 0.15) is 19.0 Å². The minimum Gasteiger partial charge on any atom is -0.497 e. The number of rotatable bonds is 4. The SMILES string of the molecule is CCCn1c(=O)c2c(nc3n(-c4ccc(OC)cc4)c(C)cn23)n(C)c1=O. The van der Waals surface area contributed by atoms with E-state index in [-0.39, 0.29) is 11.2 Å². The van der Waals surface area contributed by atoms with E-state index in [1.165, 1.54) is 9.13 Å². The first-order valence-electron chi connectivity index (χ1n) is 8.82. The van der Waals surface area contributed by atoms with Crippen molar-refractivity contribution in [3.8, 4) is 11.4 Å². The van der Waals surface area contributed by atoms with Gasteiger partial charge < -0.3 is 4.74 Å². The first-order chi connectivity index (χ1) is 13.0. The number of nitrogens with zero attached hydrogens (tertiary/aromatic N) is 5. The Kier molecular flexibility index (Phi) is 3.91. The number of aromatic nitrogens is 5. The van der Waals surface area contributed by atoms with Crippen LogP contribution in [0.15, 0.2) is 40.1 Å². The summed E-state index contributed by atoms with van der Waals surface area (Å²) in [5.74, 6) is 1.35. The van der Waals surface area contributed by atoms with E-state index in [0.717, 1.165) is 17.1 Å². The van der Waals surface area contributed by atoms with Crippen LogP contribution in [0.2, 0.25) is 0 Å². The van der Waals surface area contributed by atoms with Crippen molar-refractivity contribution < 1.29 is 4.74 Å². The van der Waals surface area contributed by atoms with E-state index in [4.69, 9.17) is 4.74 Å². The first-order valence-corrected chi connectivity index (χ1v) is 8.82. The summed E-state index contributed by atoms with van der Waals surface area (Å²) in [4.78, 5) is 30.1. The fraction of sp³-hybridized carbons (Fsp3) is 0.316. The van der Waals surface area contributed by atoms with Crippen molar-refractivity contribution >= 4 is 16.9 Å². The molecule has 4 aromatic rings. The van der Waals surface area contributed by atoms with Crippen molar-refractivity contribution in [3.05, 3.63) is 57.0 Å². The molecule has 0 amide bonds. The molecule has 0 saturated carbocycles. The second-order valence-electron chi connectivity index (χ2n) is 6.56. The van der Waals surface area contributed by atoms with Gasteiger partial charge in [-0.05, 0) is 37.6 Å². The quantitative estimate of drug-likeness (QED) is 0.552. The van der Waals surface area contributed by atoms with Gasteiger partial charge in [-0.15, -0.1) is 0 Å². The van der Waals surface area contributed by atoms with E-state index in [9.17, 15) is 9.59 Å². The van der Waals surface area contributed by atoms with Gasteiger partial charge in [0.15, 0.2) is 11.2 Å². The molecule has 0 saturated heterocycles. The van der Waals surface area contributed by atoms with Crippen LogP contribution in [0, 0.1) is 6.92 Å². The van der Waals surface area contributed by atoms with Crippen LogP contribution in [-0.4, -0.2) is 30.2 Å². The normalized spacial score (nSPS) is 11.6. The first kappa shape index (κ1) is 17.1. The van der Waals surface area contributed by atoms with Crippen LogP contribution in [0.5, 0.6) is 5.75 Å². The Morgan fingerprint density at radius 2 is 1.85 bits per heavy atom. The fourth-order valence-corrected chi connectivity index (χ4v) is 3.48. The van der Waals surface area contributed by atoms with Crippen LogP contribution in [0.4, 0.5) is 0 Å². The van der Waals surface area contributed by atoms with Crippen LogP contribution in [0.3, 0.4) is 0 Å². The van der Waals surface area contributed by atoms with E-state index < -0.39 is 0 Å². The fourth-order valence-electron chi connectivity index (χ4n) is 3.48. The van der Waals surface area contributed by atoms with Crippen molar-refractivity contribution in [2.75, 3.05) is 7.11 Å². The van der Waals surface area contributed by atoms with Gasteiger partial charge in [-0.3, -0.25) is 22.9 Å². The largest absolute Gasteiger partial charge is 0.497 e. The molecular formula is C19H21N5O3. The van der Waals surface area contributed by atoms with E-state index >= 15 is 0 Å². The third-order valence-corrected chi connectivity index (χ3v) is 4.80. The molecule has 140 valence electrons. The summed E-state index contributed by atoms with van der Waals surface area (Å²) in [7, 11) is 3.27. The zero-order valence-corrected chi connectivity index (χ0v) is 15.8. The highest BCUT2D eigenvalue weighted by Gasteiger charge is 2.20. The Balaban J connectivity index is 2.08. The van der Waals surface area contributed by atoms with Crippen molar-refractivity contribution in [3.63, 3.8) is 0 Å². The van der Waals surface area contributed by atoms with E-state index in [1.807, 2.05) is 48.9 Å². The summed E-state index contributed by atoms with van der Waals surface area (Å²) in [6.07, 6.45) is 2.57. The molecule has 0 N–H and O–H groups in total. The molecule has 27 heavy (non-hydrogen) atoms. The summed E-state index contributed by atoms with van der Waals surface area (Å²) < 4.78 is 11.7.